The van der Waals surface area contributed by atoms with Crippen LogP contribution in [-0.2, 0) is 4.79 Å². The second-order valence-corrected chi connectivity index (χ2v) is 6.46. The van der Waals surface area contributed by atoms with Gasteiger partial charge in [0.2, 0.25) is 6.10 Å². The van der Waals surface area contributed by atoms with Gasteiger partial charge in [-0.2, -0.15) is 0 Å². The lowest BCUT2D eigenvalue weighted by atomic mass is 10.1. The summed E-state index contributed by atoms with van der Waals surface area (Å²) in [5, 5.41) is 2.79. The molecule has 0 bridgehead atoms. The Balaban J connectivity index is 2.18. The summed E-state index contributed by atoms with van der Waals surface area (Å²) < 4.78 is 20.3. The van der Waals surface area contributed by atoms with E-state index in [9.17, 15) is 9.18 Å². The van der Waals surface area contributed by atoms with E-state index in [2.05, 4.69) is 21.2 Å². The Morgan fingerprint density at radius 3 is 2.62 bits per heavy atom. The summed E-state index contributed by atoms with van der Waals surface area (Å²) >= 11 is 3.20. The van der Waals surface area contributed by atoms with Gasteiger partial charge in [-0.05, 0) is 31.5 Å². The second kappa shape index (κ2) is 8.80. The standard InChI is InChI=1S/C18H20BrFN2O2/c1-12(21)9-10-22-18(23)17(13-5-3-2-4-6-13)24-16-8-7-14(19)11-15(16)20/h2-8,11-12,17H,9-10,21H2,1H3,(H,22,23). The number of halogens is 2. The molecule has 3 N–H and O–H groups in total. The van der Waals surface area contributed by atoms with Gasteiger partial charge in [-0.25, -0.2) is 4.39 Å². The third kappa shape index (κ3) is 5.32. The van der Waals surface area contributed by atoms with E-state index in [4.69, 9.17) is 10.5 Å². The Labute approximate surface area is 149 Å². The molecule has 0 aliphatic carbocycles. The molecule has 4 nitrogen and oxygen atoms in total. The van der Waals surface area contributed by atoms with Crippen molar-refractivity contribution in [3.8, 4) is 5.75 Å². The molecule has 1 amide bonds. The number of nitrogens with one attached hydrogen (secondary N) is 1. The molecule has 2 aromatic carbocycles. The molecule has 0 saturated heterocycles. The third-order valence-corrected chi connectivity index (χ3v) is 3.87. The van der Waals surface area contributed by atoms with E-state index >= 15 is 0 Å². The fourth-order valence-corrected chi connectivity index (χ4v) is 2.45. The molecule has 2 unspecified atom stereocenters. The zero-order valence-corrected chi connectivity index (χ0v) is 14.9. The van der Waals surface area contributed by atoms with Crippen LogP contribution in [0.1, 0.15) is 25.0 Å². The van der Waals surface area contributed by atoms with Crippen LogP contribution >= 0.6 is 15.9 Å². The Morgan fingerprint density at radius 1 is 1.29 bits per heavy atom. The molecule has 0 aliphatic heterocycles. The minimum absolute atomic E-state index is 0.00897. The van der Waals surface area contributed by atoms with Crippen LogP contribution in [0.4, 0.5) is 4.39 Å². The highest BCUT2D eigenvalue weighted by Gasteiger charge is 2.23. The Kier molecular flexibility index (Phi) is 6.75. The molecule has 128 valence electrons. The quantitative estimate of drug-likeness (QED) is 0.754. The number of hydrogen-bond acceptors (Lipinski definition) is 3. The average Bonchev–Trinajstić information content (AvgIpc) is 2.54. The third-order valence-electron chi connectivity index (χ3n) is 3.38. The SMILES string of the molecule is CC(N)CCNC(=O)C(Oc1ccc(Br)cc1F)c1ccccc1. The maximum absolute atomic E-state index is 14.0. The number of carbonyl (C=O) groups excluding carboxylic acids is 1. The lowest BCUT2D eigenvalue weighted by Crippen LogP contribution is -2.35. The maximum atomic E-state index is 14.0. The molecule has 6 heteroatoms. The Bertz CT molecular complexity index is 680. The van der Waals surface area contributed by atoms with Crippen molar-refractivity contribution < 1.29 is 13.9 Å². The molecule has 0 aromatic heterocycles. The normalized spacial score (nSPS) is 13.2. The Hall–Kier alpha value is -1.92. The highest BCUT2D eigenvalue weighted by atomic mass is 79.9. The van der Waals surface area contributed by atoms with E-state index in [0.717, 1.165) is 0 Å². The van der Waals surface area contributed by atoms with Crippen LogP contribution in [0, 0.1) is 5.82 Å². The van der Waals surface area contributed by atoms with Gasteiger partial charge < -0.3 is 15.8 Å². The van der Waals surface area contributed by atoms with Crippen LogP contribution in [0.25, 0.3) is 0 Å². The van der Waals surface area contributed by atoms with Crippen molar-refractivity contribution in [3.05, 3.63) is 64.4 Å². The van der Waals surface area contributed by atoms with Crippen molar-refractivity contribution in [2.75, 3.05) is 6.54 Å². The highest BCUT2D eigenvalue weighted by molar-refractivity contribution is 9.10. The Morgan fingerprint density at radius 2 is 2.00 bits per heavy atom. The molecule has 0 heterocycles. The molecular formula is C18H20BrFN2O2. The van der Waals surface area contributed by atoms with E-state index < -0.39 is 11.9 Å². The van der Waals surface area contributed by atoms with E-state index in [0.29, 0.717) is 23.0 Å². The summed E-state index contributed by atoms with van der Waals surface area (Å²) in [5.41, 5.74) is 6.34. The predicted octanol–water partition coefficient (Wildman–Crippen LogP) is 3.56. The van der Waals surface area contributed by atoms with E-state index in [1.54, 1.807) is 30.3 Å². The zero-order chi connectivity index (χ0) is 17.5. The fourth-order valence-electron chi connectivity index (χ4n) is 2.11. The van der Waals surface area contributed by atoms with Crippen molar-refractivity contribution in [1.82, 2.24) is 5.32 Å². The van der Waals surface area contributed by atoms with Gasteiger partial charge in [-0.15, -0.1) is 0 Å². The van der Waals surface area contributed by atoms with Crippen molar-refractivity contribution >= 4 is 21.8 Å². The molecule has 0 fully saturated rings. The first-order valence-electron chi connectivity index (χ1n) is 7.67. The number of rotatable bonds is 7. The van der Waals surface area contributed by atoms with Crippen molar-refractivity contribution in [2.45, 2.75) is 25.5 Å². The van der Waals surface area contributed by atoms with Gasteiger partial charge in [0, 0.05) is 22.6 Å². The second-order valence-electron chi connectivity index (χ2n) is 5.54. The van der Waals surface area contributed by atoms with E-state index in [1.165, 1.54) is 12.1 Å². The average molecular weight is 395 g/mol. The first-order valence-corrected chi connectivity index (χ1v) is 8.46. The molecule has 2 atom stereocenters. The molecule has 0 saturated carbocycles. The predicted molar refractivity (Wildman–Crippen MR) is 95.2 cm³/mol. The van der Waals surface area contributed by atoms with E-state index in [1.807, 2.05) is 13.0 Å². The molecule has 0 aliphatic rings. The van der Waals surface area contributed by atoms with Crippen LogP contribution in [0.2, 0.25) is 0 Å². The summed E-state index contributed by atoms with van der Waals surface area (Å²) in [6.07, 6.45) is -0.283. The van der Waals surface area contributed by atoms with Crippen LogP contribution in [0.3, 0.4) is 0 Å². The van der Waals surface area contributed by atoms with Crippen molar-refractivity contribution in [3.63, 3.8) is 0 Å². The van der Waals surface area contributed by atoms with Crippen LogP contribution in [-0.4, -0.2) is 18.5 Å². The number of nitrogens with two attached hydrogens (primary N) is 1. The summed E-state index contributed by atoms with van der Waals surface area (Å²) in [5.74, 6) is -0.841. The van der Waals surface area contributed by atoms with Gasteiger partial charge in [0.15, 0.2) is 11.6 Å². The van der Waals surface area contributed by atoms with E-state index in [-0.39, 0.29) is 17.7 Å². The highest BCUT2D eigenvalue weighted by Crippen LogP contribution is 2.27. The zero-order valence-electron chi connectivity index (χ0n) is 13.3. The smallest absolute Gasteiger partial charge is 0.265 e. The summed E-state index contributed by atoms with van der Waals surface area (Å²) in [6, 6.07) is 13.4. The number of amides is 1. The topological polar surface area (TPSA) is 64.3 Å². The largest absolute Gasteiger partial charge is 0.473 e. The number of carbonyl (C=O) groups is 1. The summed E-state index contributed by atoms with van der Waals surface area (Å²) in [6.45, 7) is 2.31. The van der Waals surface area contributed by atoms with Crippen molar-refractivity contribution in [1.29, 1.82) is 0 Å². The lowest BCUT2D eigenvalue weighted by molar-refractivity contribution is -0.128. The summed E-state index contributed by atoms with van der Waals surface area (Å²) in [4.78, 5) is 12.5. The summed E-state index contributed by atoms with van der Waals surface area (Å²) in [7, 11) is 0. The molecule has 0 spiro atoms. The number of hydrogen-bond donors (Lipinski definition) is 2. The van der Waals surface area contributed by atoms with Gasteiger partial charge in [0.1, 0.15) is 0 Å². The lowest BCUT2D eigenvalue weighted by Gasteiger charge is -2.20. The van der Waals surface area contributed by atoms with Gasteiger partial charge in [-0.1, -0.05) is 46.3 Å². The molecule has 2 aromatic rings. The van der Waals surface area contributed by atoms with Gasteiger partial charge in [0.05, 0.1) is 0 Å². The fraction of sp³-hybridized carbons (Fsp3) is 0.278. The first-order chi connectivity index (χ1) is 11.5. The molecule has 24 heavy (non-hydrogen) atoms. The van der Waals surface area contributed by atoms with Gasteiger partial charge >= 0.3 is 0 Å². The van der Waals surface area contributed by atoms with Crippen LogP contribution < -0.4 is 15.8 Å². The number of benzene rings is 2. The first kappa shape index (κ1) is 18.4. The molecule has 2 rings (SSSR count). The molecular weight excluding hydrogens is 375 g/mol. The van der Waals surface area contributed by atoms with Crippen LogP contribution in [0.15, 0.2) is 53.0 Å². The monoisotopic (exact) mass is 394 g/mol. The van der Waals surface area contributed by atoms with Gasteiger partial charge in [0.25, 0.3) is 5.91 Å². The van der Waals surface area contributed by atoms with Crippen LogP contribution in [0.5, 0.6) is 5.75 Å². The molecule has 0 radical (unpaired) electrons. The van der Waals surface area contributed by atoms with Gasteiger partial charge in [-0.3, -0.25) is 4.79 Å². The van der Waals surface area contributed by atoms with Crippen molar-refractivity contribution in [2.24, 2.45) is 5.73 Å². The number of ether oxygens (including phenoxy) is 1. The minimum atomic E-state index is -0.935. The minimum Gasteiger partial charge on any atom is -0.473 e. The maximum Gasteiger partial charge on any atom is 0.265 e.